The Hall–Kier alpha value is -1.61. The van der Waals surface area contributed by atoms with E-state index in [0.29, 0.717) is 6.42 Å². The normalized spacial score (nSPS) is 13.5. The van der Waals surface area contributed by atoms with E-state index in [2.05, 4.69) is 60.8 Å². The van der Waals surface area contributed by atoms with Gasteiger partial charge in [0.1, 0.15) is 0 Å². The van der Waals surface area contributed by atoms with E-state index in [1.807, 2.05) is 0 Å². The lowest BCUT2D eigenvalue weighted by atomic mass is 10.2. The average molecular weight is 362 g/mol. The molecule has 3 heteroatoms. The SMILES string of the molecule is CCCCC/C=C/C/C=C/C/C=C/C/C=C\CCCC(=O)N[C@H](C)CO. The number of aliphatic hydroxyl groups is 1. The van der Waals surface area contributed by atoms with Crippen molar-refractivity contribution in [3.8, 4) is 0 Å². The second kappa shape index (κ2) is 19.7. The van der Waals surface area contributed by atoms with Crippen LogP contribution in [0.15, 0.2) is 48.6 Å². The van der Waals surface area contributed by atoms with Gasteiger partial charge in [-0.3, -0.25) is 4.79 Å². The fraction of sp³-hybridized carbons (Fsp3) is 0.609. The zero-order valence-corrected chi connectivity index (χ0v) is 16.8. The first-order valence-corrected chi connectivity index (χ1v) is 10.2. The molecule has 0 saturated heterocycles. The second-order valence-electron chi connectivity index (χ2n) is 6.63. The van der Waals surface area contributed by atoms with Crippen LogP contribution in [-0.4, -0.2) is 23.7 Å². The highest BCUT2D eigenvalue weighted by molar-refractivity contribution is 5.76. The smallest absolute Gasteiger partial charge is 0.220 e. The first-order chi connectivity index (χ1) is 12.7. The van der Waals surface area contributed by atoms with Gasteiger partial charge in [0.15, 0.2) is 0 Å². The number of carbonyl (C=O) groups is 1. The number of hydrogen-bond acceptors (Lipinski definition) is 2. The zero-order chi connectivity index (χ0) is 19.3. The van der Waals surface area contributed by atoms with Crippen LogP contribution in [0.2, 0.25) is 0 Å². The fourth-order valence-electron chi connectivity index (χ4n) is 2.33. The van der Waals surface area contributed by atoms with E-state index in [-0.39, 0.29) is 18.6 Å². The quantitative estimate of drug-likeness (QED) is 0.276. The summed E-state index contributed by atoms with van der Waals surface area (Å²) in [6, 6.07) is -0.154. The molecule has 0 heterocycles. The standard InChI is InChI=1S/C23H39NO2/c1-3-4-5-6-7-8-9-10-11-12-13-14-15-16-17-18-19-20-23(26)24-22(2)21-25/h7-8,10-11,13-14,16-17,22,25H,3-6,9,12,15,18-21H2,1-2H3,(H,24,26)/b8-7+,11-10+,14-13+,17-16-/t22-/m1/s1. The van der Waals surface area contributed by atoms with Gasteiger partial charge in [-0.1, -0.05) is 68.4 Å². The topological polar surface area (TPSA) is 49.3 Å². The first kappa shape index (κ1) is 24.4. The highest BCUT2D eigenvalue weighted by atomic mass is 16.3. The Morgan fingerprint density at radius 1 is 0.846 bits per heavy atom. The van der Waals surface area contributed by atoms with Crippen LogP contribution in [0.5, 0.6) is 0 Å². The van der Waals surface area contributed by atoms with Crippen LogP contribution in [0, 0.1) is 0 Å². The molecule has 0 aromatic heterocycles. The van der Waals surface area contributed by atoms with Crippen molar-refractivity contribution in [1.29, 1.82) is 0 Å². The number of allylic oxidation sites excluding steroid dienone is 8. The molecule has 0 unspecified atom stereocenters. The lowest BCUT2D eigenvalue weighted by molar-refractivity contribution is -0.122. The third kappa shape index (κ3) is 18.7. The van der Waals surface area contributed by atoms with Crippen molar-refractivity contribution in [1.82, 2.24) is 5.32 Å². The predicted octanol–water partition coefficient (Wildman–Crippen LogP) is 5.63. The van der Waals surface area contributed by atoms with E-state index < -0.39 is 0 Å². The third-order valence-electron chi connectivity index (χ3n) is 3.91. The van der Waals surface area contributed by atoms with Crippen LogP contribution in [0.1, 0.15) is 78.1 Å². The summed E-state index contributed by atoms with van der Waals surface area (Å²) >= 11 is 0. The summed E-state index contributed by atoms with van der Waals surface area (Å²) in [5.41, 5.74) is 0. The number of nitrogens with one attached hydrogen (secondary N) is 1. The molecule has 0 aliphatic heterocycles. The van der Waals surface area contributed by atoms with Gasteiger partial charge >= 0.3 is 0 Å². The van der Waals surface area contributed by atoms with E-state index >= 15 is 0 Å². The van der Waals surface area contributed by atoms with Gasteiger partial charge in [-0.05, 0) is 51.9 Å². The van der Waals surface area contributed by atoms with Crippen molar-refractivity contribution in [3.63, 3.8) is 0 Å². The van der Waals surface area contributed by atoms with Gasteiger partial charge in [0, 0.05) is 12.5 Å². The maximum atomic E-state index is 11.5. The van der Waals surface area contributed by atoms with Gasteiger partial charge in [0.25, 0.3) is 0 Å². The number of hydrogen-bond donors (Lipinski definition) is 2. The Morgan fingerprint density at radius 3 is 1.85 bits per heavy atom. The Morgan fingerprint density at radius 2 is 1.35 bits per heavy atom. The minimum absolute atomic E-state index is 0.0110. The molecule has 0 aliphatic rings. The van der Waals surface area contributed by atoms with Crippen LogP contribution < -0.4 is 5.32 Å². The summed E-state index contributed by atoms with van der Waals surface area (Å²) in [5.74, 6) is 0.0161. The summed E-state index contributed by atoms with van der Waals surface area (Å²) in [4.78, 5) is 11.5. The highest BCUT2D eigenvalue weighted by Crippen LogP contribution is 2.01. The Kier molecular flexibility index (Phi) is 18.5. The molecule has 0 saturated carbocycles. The van der Waals surface area contributed by atoms with Crippen LogP contribution >= 0.6 is 0 Å². The average Bonchev–Trinajstić information content (AvgIpc) is 2.64. The molecule has 0 aromatic carbocycles. The maximum absolute atomic E-state index is 11.5. The molecule has 0 spiro atoms. The minimum Gasteiger partial charge on any atom is -0.394 e. The lowest BCUT2D eigenvalue weighted by Crippen LogP contribution is -2.34. The fourth-order valence-corrected chi connectivity index (χ4v) is 2.33. The van der Waals surface area contributed by atoms with Crippen molar-refractivity contribution in [2.24, 2.45) is 0 Å². The molecule has 148 valence electrons. The zero-order valence-electron chi connectivity index (χ0n) is 16.8. The molecule has 3 nitrogen and oxygen atoms in total. The highest BCUT2D eigenvalue weighted by Gasteiger charge is 2.04. The van der Waals surface area contributed by atoms with E-state index in [0.717, 1.165) is 32.1 Å². The van der Waals surface area contributed by atoms with Crippen molar-refractivity contribution in [2.75, 3.05) is 6.61 Å². The summed E-state index contributed by atoms with van der Waals surface area (Å²) in [5, 5.41) is 11.6. The van der Waals surface area contributed by atoms with E-state index in [1.54, 1.807) is 6.92 Å². The maximum Gasteiger partial charge on any atom is 0.220 e. The van der Waals surface area contributed by atoms with Crippen molar-refractivity contribution < 1.29 is 9.90 Å². The van der Waals surface area contributed by atoms with Crippen molar-refractivity contribution in [3.05, 3.63) is 48.6 Å². The van der Waals surface area contributed by atoms with E-state index in [9.17, 15) is 4.79 Å². The summed E-state index contributed by atoms with van der Waals surface area (Å²) in [6.07, 6.45) is 28.0. The minimum atomic E-state index is -0.154. The Labute approximate surface area is 161 Å². The molecule has 2 N–H and O–H groups in total. The number of aliphatic hydroxyl groups excluding tert-OH is 1. The molecule has 0 fully saturated rings. The molecule has 0 bridgehead atoms. The van der Waals surface area contributed by atoms with Gasteiger partial charge in [-0.15, -0.1) is 0 Å². The molecule has 26 heavy (non-hydrogen) atoms. The summed E-state index contributed by atoms with van der Waals surface area (Å²) < 4.78 is 0. The summed E-state index contributed by atoms with van der Waals surface area (Å²) in [7, 11) is 0. The van der Waals surface area contributed by atoms with Crippen molar-refractivity contribution in [2.45, 2.75) is 84.1 Å². The van der Waals surface area contributed by atoms with E-state index in [1.165, 1.54) is 25.7 Å². The Balaban J connectivity index is 3.50. The Bertz CT molecular complexity index is 435. The molecule has 0 aromatic rings. The molecular formula is C23H39NO2. The molecule has 1 atom stereocenters. The van der Waals surface area contributed by atoms with Crippen molar-refractivity contribution >= 4 is 5.91 Å². The van der Waals surface area contributed by atoms with Gasteiger partial charge in [0.2, 0.25) is 5.91 Å². The number of amides is 1. The van der Waals surface area contributed by atoms with Crippen LogP contribution in [0.25, 0.3) is 0 Å². The first-order valence-electron chi connectivity index (χ1n) is 10.2. The monoisotopic (exact) mass is 361 g/mol. The largest absolute Gasteiger partial charge is 0.394 e. The molecule has 1 amide bonds. The van der Waals surface area contributed by atoms with E-state index in [4.69, 9.17) is 5.11 Å². The molecule has 0 radical (unpaired) electrons. The van der Waals surface area contributed by atoms with Crippen LogP contribution in [-0.2, 0) is 4.79 Å². The summed E-state index contributed by atoms with van der Waals surface area (Å²) in [6.45, 7) is 4.02. The molecule has 0 aliphatic carbocycles. The molecular weight excluding hydrogens is 322 g/mol. The lowest BCUT2D eigenvalue weighted by Gasteiger charge is -2.09. The third-order valence-corrected chi connectivity index (χ3v) is 3.91. The van der Waals surface area contributed by atoms with Crippen LogP contribution in [0.4, 0.5) is 0 Å². The van der Waals surface area contributed by atoms with Gasteiger partial charge in [-0.25, -0.2) is 0 Å². The van der Waals surface area contributed by atoms with Gasteiger partial charge < -0.3 is 10.4 Å². The number of carbonyl (C=O) groups excluding carboxylic acids is 1. The number of rotatable bonds is 16. The number of unbranched alkanes of at least 4 members (excludes halogenated alkanes) is 4. The van der Waals surface area contributed by atoms with Gasteiger partial charge in [-0.2, -0.15) is 0 Å². The second-order valence-corrected chi connectivity index (χ2v) is 6.63. The van der Waals surface area contributed by atoms with Gasteiger partial charge in [0.05, 0.1) is 6.61 Å². The predicted molar refractivity (Wildman–Crippen MR) is 113 cm³/mol. The van der Waals surface area contributed by atoms with Crippen LogP contribution in [0.3, 0.4) is 0 Å². The molecule has 0 rings (SSSR count).